The molecule has 1 aliphatic heterocycles. The first-order valence-electron chi connectivity index (χ1n) is 12.3. The first-order valence-corrected chi connectivity index (χ1v) is 14.6. The summed E-state index contributed by atoms with van der Waals surface area (Å²) in [7, 11) is -4.77. The van der Waals surface area contributed by atoms with Crippen molar-refractivity contribution in [3.63, 3.8) is 0 Å². The summed E-state index contributed by atoms with van der Waals surface area (Å²) in [5.41, 5.74) is 11.2. The van der Waals surface area contributed by atoms with Crippen molar-refractivity contribution in [1.29, 1.82) is 0 Å². The van der Waals surface area contributed by atoms with Gasteiger partial charge in [0.1, 0.15) is 29.2 Å². The number of nitrogens with two attached hydrogens (primary N) is 2. The fourth-order valence-electron chi connectivity index (χ4n) is 3.56. The van der Waals surface area contributed by atoms with E-state index in [1.165, 1.54) is 17.5 Å². The molecule has 8 N–H and O–H groups in total. The Morgan fingerprint density at radius 3 is 2.64 bits per heavy atom. The Hall–Kier alpha value is -4.21. The lowest BCUT2D eigenvalue weighted by Crippen LogP contribution is -2.72. The van der Waals surface area contributed by atoms with Gasteiger partial charge in [0.15, 0.2) is 5.13 Å². The van der Waals surface area contributed by atoms with Crippen LogP contribution in [0.2, 0.25) is 0 Å². The van der Waals surface area contributed by atoms with Crippen LogP contribution in [0.4, 0.5) is 5.13 Å². The largest absolute Gasteiger partial charge is 0.478 e. The molecule has 2 aliphatic rings. The standard InChI is InChI=1S/C12H19N7O6S.C9H11N3O3S/c13-3-1-2-10(21)14-4-8-5-16-18(17-8)6-9-11(15-7-20)12(22)19(9)26(23,24)25;1-5(6-4-16-8(10)11-6)12-15-9(2-3-9)7(13)14/h5,7,9,11H,1-4,6,13H2,(H,14,21)(H,15,20)(H,23,24,25);4H,2-3H2,1H3,(H2,10,11)(H,13,14)/b;12-5+. The van der Waals surface area contributed by atoms with E-state index in [4.69, 9.17) is 26.0 Å². The minimum atomic E-state index is -4.77. The van der Waals surface area contributed by atoms with Crippen LogP contribution in [0.3, 0.4) is 0 Å². The van der Waals surface area contributed by atoms with Crippen molar-refractivity contribution in [1.82, 2.24) is 34.9 Å². The number of aliphatic carboxylic acids is 1. The van der Waals surface area contributed by atoms with Gasteiger partial charge in [-0.3, -0.25) is 18.9 Å². The van der Waals surface area contributed by atoms with Gasteiger partial charge in [-0.2, -0.15) is 23.4 Å². The highest BCUT2D eigenvalue weighted by Gasteiger charge is 2.55. The number of nitrogens with one attached hydrogen (secondary N) is 2. The van der Waals surface area contributed by atoms with Gasteiger partial charge in [0.2, 0.25) is 17.9 Å². The molecule has 0 aromatic carbocycles. The smallest absolute Gasteiger partial charge is 0.362 e. The SMILES string of the molecule is C/C(=N\OC1(C(=O)O)CC1)c1csc(N)n1.NCCCC(=O)NCc1cnn(CC2C(NC=O)C(=O)N2S(=O)(=O)O)n1. The predicted octanol–water partition coefficient (Wildman–Crippen LogP) is -2.16. The molecule has 3 amide bonds. The second-order valence-corrected chi connectivity index (χ2v) is 11.3. The maximum atomic E-state index is 11.7. The quantitative estimate of drug-likeness (QED) is 0.0426. The van der Waals surface area contributed by atoms with Crippen molar-refractivity contribution in [3.05, 3.63) is 23.0 Å². The summed E-state index contributed by atoms with van der Waals surface area (Å²) in [6, 6.07) is -2.18. The van der Waals surface area contributed by atoms with Gasteiger partial charge >= 0.3 is 16.3 Å². The zero-order valence-electron chi connectivity index (χ0n) is 22.2. The Morgan fingerprint density at radius 2 is 2.10 bits per heavy atom. The lowest BCUT2D eigenvalue weighted by atomic mass is 9.99. The summed E-state index contributed by atoms with van der Waals surface area (Å²) in [6.07, 6.45) is 3.47. The van der Waals surface area contributed by atoms with Crippen LogP contribution in [0.25, 0.3) is 0 Å². The molecule has 1 saturated heterocycles. The first-order chi connectivity index (χ1) is 19.8. The number of amides is 3. The van der Waals surface area contributed by atoms with Crippen molar-refractivity contribution < 1.29 is 42.1 Å². The number of carboxylic acids is 1. The average Bonchev–Trinajstić information content (AvgIpc) is 3.39. The van der Waals surface area contributed by atoms with Crippen molar-refractivity contribution in [2.45, 2.75) is 63.4 Å². The van der Waals surface area contributed by atoms with Gasteiger partial charge in [-0.05, 0) is 19.9 Å². The number of β-lactam (4-membered cyclic amide) rings is 1. The zero-order valence-corrected chi connectivity index (χ0v) is 23.9. The van der Waals surface area contributed by atoms with E-state index in [9.17, 15) is 27.6 Å². The summed E-state index contributed by atoms with van der Waals surface area (Å²) in [5.74, 6) is -2.12. The average molecular weight is 631 g/mol. The molecule has 42 heavy (non-hydrogen) atoms. The van der Waals surface area contributed by atoms with E-state index < -0.39 is 39.9 Å². The molecule has 2 unspecified atom stereocenters. The molecule has 2 fully saturated rings. The fraction of sp³-hybridized carbons (Fsp3) is 0.524. The molecule has 3 heterocycles. The first kappa shape index (κ1) is 32.3. The van der Waals surface area contributed by atoms with E-state index in [1.54, 1.807) is 12.3 Å². The Morgan fingerprint density at radius 1 is 1.38 bits per heavy atom. The second-order valence-electron chi connectivity index (χ2n) is 9.14. The molecule has 2 aromatic heterocycles. The Labute approximate surface area is 243 Å². The van der Waals surface area contributed by atoms with E-state index in [1.807, 2.05) is 0 Å². The number of oxime groups is 1. The molecule has 0 spiro atoms. The van der Waals surface area contributed by atoms with Crippen molar-refractivity contribution >= 4 is 56.7 Å². The summed E-state index contributed by atoms with van der Waals surface area (Å²) in [6.45, 7) is 2.04. The maximum Gasteiger partial charge on any atom is 0.362 e. The highest BCUT2D eigenvalue weighted by molar-refractivity contribution is 7.84. The number of thiazole rings is 1. The molecule has 4 rings (SSSR count). The van der Waals surface area contributed by atoms with Crippen LogP contribution < -0.4 is 22.1 Å². The number of nitrogen functional groups attached to an aromatic ring is 1. The molecule has 19 nitrogen and oxygen atoms in total. The lowest BCUT2D eigenvalue weighted by molar-refractivity contribution is -0.153. The maximum absolute atomic E-state index is 11.7. The zero-order chi connectivity index (χ0) is 31.1. The van der Waals surface area contributed by atoms with Gasteiger partial charge in [0.05, 0.1) is 19.3 Å². The number of carbonyl (C=O) groups excluding carboxylic acids is 3. The normalized spacial score (nSPS) is 19.2. The van der Waals surface area contributed by atoms with Gasteiger partial charge in [0.25, 0.3) is 5.91 Å². The van der Waals surface area contributed by atoms with Crippen LogP contribution in [0.1, 0.15) is 44.0 Å². The molecular formula is C21H30N10O9S2. The summed E-state index contributed by atoms with van der Waals surface area (Å²) in [4.78, 5) is 54.8. The number of carboxylic acid groups (broad SMARTS) is 1. The van der Waals surface area contributed by atoms with Crippen molar-refractivity contribution in [2.24, 2.45) is 10.9 Å². The third-order valence-corrected chi connectivity index (χ3v) is 7.64. The van der Waals surface area contributed by atoms with Crippen LogP contribution in [-0.2, 0) is 47.4 Å². The lowest BCUT2D eigenvalue weighted by Gasteiger charge is -2.43. The number of aromatic nitrogens is 4. The summed E-state index contributed by atoms with van der Waals surface area (Å²) < 4.78 is 31.9. The van der Waals surface area contributed by atoms with E-state index in [2.05, 4.69) is 31.0 Å². The number of carbonyl (C=O) groups is 4. The number of hydrogen-bond acceptors (Lipinski definition) is 14. The molecule has 2 aromatic rings. The van der Waals surface area contributed by atoms with Crippen molar-refractivity contribution in [2.75, 3.05) is 12.3 Å². The minimum absolute atomic E-state index is 0.116. The van der Waals surface area contributed by atoms with E-state index in [0.717, 1.165) is 4.80 Å². The minimum Gasteiger partial charge on any atom is -0.478 e. The third-order valence-electron chi connectivity index (χ3n) is 6.02. The van der Waals surface area contributed by atoms with Crippen molar-refractivity contribution in [3.8, 4) is 0 Å². The van der Waals surface area contributed by atoms with E-state index >= 15 is 0 Å². The predicted molar refractivity (Wildman–Crippen MR) is 145 cm³/mol. The van der Waals surface area contributed by atoms with E-state index in [-0.39, 0.29) is 36.1 Å². The van der Waals surface area contributed by atoms with Crippen LogP contribution in [-0.4, -0.2) is 96.5 Å². The monoisotopic (exact) mass is 630 g/mol. The van der Waals surface area contributed by atoms with Crippen LogP contribution in [0, 0.1) is 0 Å². The molecule has 2 atom stereocenters. The van der Waals surface area contributed by atoms with Crippen LogP contribution in [0.15, 0.2) is 16.7 Å². The van der Waals surface area contributed by atoms with Gasteiger partial charge in [-0.15, -0.1) is 11.3 Å². The number of hydrogen-bond donors (Lipinski definition) is 6. The van der Waals surface area contributed by atoms with Gasteiger partial charge < -0.3 is 32.0 Å². The Bertz CT molecular complexity index is 1440. The highest BCUT2D eigenvalue weighted by Crippen LogP contribution is 2.40. The molecular weight excluding hydrogens is 600 g/mol. The van der Waals surface area contributed by atoms with Gasteiger partial charge in [-0.1, -0.05) is 5.16 Å². The second kappa shape index (κ2) is 13.6. The van der Waals surface area contributed by atoms with E-state index in [0.29, 0.717) is 48.0 Å². The molecule has 1 saturated carbocycles. The molecule has 230 valence electrons. The fourth-order valence-corrected chi connectivity index (χ4v) is 5.04. The van der Waals surface area contributed by atoms with Gasteiger partial charge in [0, 0.05) is 24.6 Å². The number of nitrogens with zero attached hydrogens (tertiary/aromatic N) is 6. The molecule has 0 radical (unpaired) electrons. The highest BCUT2D eigenvalue weighted by atomic mass is 32.2. The third kappa shape index (κ3) is 8.18. The topological polar surface area (TPSA) is 287 Å². The van der Waals surface area contributed by atoms with Gasteiger partial charge in [-0.25, -0.2) is 14.1 Å². The van der Waals surface area contributed by atoms with Crippen LogP contribution >= 0.6 is 11.3 Å². The molecule has 1 aliphatic carbocycles. The van der Waals surface area contributed by atoms with Crippen LogP contribution in [0.5, 0.6) is 0 Å². The number of anilines is 1. The number of rotatable bonds is 14. The summed E-state index contributed by atoms with van der Waals surface area (Å²) >= 11 is 1.30. The molecule has 0 bridgehead atoms. The molecule has 21 heteroatoms. The summed E-state index contributed by atoms with van der Waals surface area (Å²) in [5, 5.41) is 27.6. The Balaban J connectivity index is 0.000000258. The Kier molecular flexibility index (Phi) is 10.5.